The summed E-state index contributed by atoms with van der Waals surface area (Å²) in [6, 6.07) is 6.82. The quantitative estimate of drug-likeness (QED) is 0.781. The number of hydrogen-bond acceptors (Lipinski definition) is 4. The van der Waals surface area contributed by atoms with Gasteiger partial charge in [0.1, 0.15) is 6.54 Å². The van der Waals surface area contributed by atoms with Crippen molar-refractivity contribution in [2.75, 3.05) is 25.1 Å². The van der Waals surface area contributed by atoms with Crippen LogP contribution in [0.15, 0.2) is 24.3 Å². The van der Waals surface area contributed by atoms with Crippen LogP contribution in [-0.4, -0.2) is 61.2 Å². The molecule has 0 N–H and O–H groups in total. The molecule has 2 rings (SSSR count). The molecule has 6 nitrogen and oxygen atoms in total. The highest BCUT2D eigenvalue weighted by molar-refractivity contribution is 7.91. The first-order valence-corrected chi connectivity index (χ1v) is 9.84. The van der Waals surface area contributed by atoms with E-state index >= 15 is 0 Å². The number of sulfone groups is 1. The van der Waals surface area contributed by atoms with Crippen LogP contribution < -0.4 is 0 Å². The van der Waals surface area contributed by atoms with Gasteiger partial charge in [0.15, 0.2) is 9.84 Å². The molecule has 1 heterocycles. The molecule has 2 amide bonds. The Labute approximate surface area is 147 Å². The van der Waals surface area contributed by atoms with Gasteiger partial charge in [0.2, 0.25) is 11.8 Å². The predicted molar refractivity (Wildman–Crippen MR) is 92.4 cm³/mol. The van der Waals surface area contributed by atoms with E-state index in [9.17, 15) is 18.0 Å². The number of rotatable bonds is 5. The van der Waals surface area contributed by atoms with Crippen LogP contribution in [0.5, 0.6) is 0 Å². The molecule has 132 valence electrons. The fourth-order valence-corrected chi connectivity index (χ4v) is 4.64. The molecule has 0 radical (unpaired) electrons. The molecule has 1 saturated heterocycles. The fraction of sp³-hybridized carbons (Fsp3) is 0.500. The lowest BCUT2D eigenvalue weighted by Gasteiger charge is -2.28. The molecule has 1 aromatic carbocycles. The maximum Gasteiger partial charge on any atom is 0.242 e. The summed E-state index contributed by atoms with van der Waals surface area (Å²) in [7, 11) is -1.48. The SMILES string of the molecule is CC(=O)N(CC(=O)N(C)C1CCS(=O)(=O)C1)Cc1ccccc1Cl. The lowest BCUT2D eigenvalue weighted by atomic mass is 10.2. The Kier molecular flexibility index (Phi) is 5.87. The zero-order valence-electron chi connectivity index (χ0n) is 13.7. The molecular weight excluding hydrogens is 352 g/mol. The Morgan fingerprint density at radius 1 is 1.29 bits per heavy atom. The summed E-state index contributed by atoms with van der Waals surface area (Å²) in [6.45, 7) is 1.52. The smallest absolute Gasteiger partial charge is 0.242 e. The Hall–Kier alpha value is -1.60. The maximum atomic E-state index is 12.4. The van der Waals surface area contributed by atoms with Crippen LogP contribution in [0.3, 0.4) is 0 Å². The van der Waals surface area contributed by atoms with Crippen LogP contribution in [0.2, 0.25) is 5.02 Å². The zero-order valence-corrected chi connectivity index (χ0v) is 15.3. The van der Waals surface area contributed by atoms with Crippen LogP contribution in [-0.2, 0) is 26.0 Å². The number of likely N-dealkylation sites (N-methyl/N-ethyl adjacent to an activating group) is 1. The Balaban J connectivity index is 2.03. The number of carbonyl (C=O) groups excluding carboxylic acids is 2. The van der Waals surface area contributed by atoms with Crippen molar-refractivity contribution in [1.82, 2.24) is 9.80 Å². The molecule has 1 atom stereocenters. The molecule has 24 heavy (non-hydrogen) atoms. The van der Waals surface area contributed by atoms with Crippen LogP contribution in [0, 0.1) is 0 Å². The van der Waals surface area contributed by atoms with Gasteiger partial charge in [-0.05, 0) is 18.1 Å². The van der Waals surface area contributed by atoms with Crippen LogP contribution in [0.4, 0.5) is 0 Å². The second-order valence-corrected chi connectivity index (χ2v) is 8.66. The van der Waals surface area contributed by atoms with E-state index in [1.165, 1.54) is 16.7 Å². The monoisotopic (exact) mass is 372 g/mol. The van der Waals surface area contributed by atoms with E-state index in [-0.39, 0.29) is 42.5 Å². The van der Waals surface area contributed by atoms with Gasteiger partial charge in [-0.1, -0.05) is 29.8 Å². The third-order valence-electron chi connectivity index (χ3n) is 4.24. The molecule has 0 bridgehead atoms. The number of nitrogens with zero attached hydrogens (tertiary/aromatic N) is 2. The van der Waals surface area contributed by atoms with Crippen LogP contribution in [0.25, 0.3) is 0 Å². The van der Waals surface area contributed by atoms with Crippen molar-refractivity contribution in [3.63, 3.8) is 0 Å². The fourth-order valence-electron chi connectivity index (χ4n) is 2.67. The van der Waals surface area contributed by atoms with Gasteiger partial charge < -0.3 is 9.80 Å². The van der Waals surface area contributed by atoms with Crippen molar-refractivity contribution < 1.29 is 18.0 Å². The van der Waals surface area contributed by atoms with Gasteiger partial charge >= 0.3 is 0 Å². The minimum atomic E-state index is -3.06. The summed E-state index contributed by atoms with van der Waals surface area (Å²) in [5.74, 6) is -0.430. The summed E-state index contributed by atoms with van der Waals surface area (Å²) in [6.07, 6.45) is 0.440. The van der Waals surface area contributed by atoms with Gasteiger partial charge in [-0.15, -0.1) is 0 Å². The highest BCUT2D eigenvalue weighted by atomic mass is 35.5. The molecule has 1 aliphatic heterocycles. The van der Waals surface area contributed by atoms with Crippen molar-refractivity contribution >= 4 is 33.3 Å². The van der Waals surface area contributed by atoms with Crippen molar-refractivity contribution in [2.45, 2.75) is 25.9 Å². The second kappa shape index (κ2) is 7.53. The summed E-state index contributed by atoms with van der Waals surface area (Å²) in [5, 5.41) is 0.534. The standard InChI is InChI=1S/C16H21ClN2O4S/c1-12(20)19(9-13-5-3-4-6-15(13)17)10-16(21)18(2)14-7-8-24(22,23)11-14/h3-6,14H,7-11H2,1-2H3. The number of benzene rings is 1. The molecule has 0 aliphatic carbocycles. The average molecular weight is 373 g/mol. The average Bonchev–Trinajstić information content (AvgIpc) is 2.87. The molecule has 1 aromatic rings. The van der Waals surface area contributed by atoms with Gasteiger partial charge in [0.25, 0.3) is 0 Å². The molecule has 1 unspecified atom stereocenters. The van der Waals surface area contributed by atoms with Crippen molar-refractivity contribution in [3.8, 4) is 0 Å². The minimum Gasteiger partial charge on any atom is -0.340 e. The molecule has 0 spiro atoms. The van der Waals surface area contributed by atoms with E-state index < -0.39 is 9.84 Å². The molecule has 8 heteroatoms. The van der Waals surface area contributed by atoms with Gasteiger partial charge in [0.05, 0.1) is 11.5 Å². The first kappa shape index (κ1) is 18.7. The minimum absolute atomic E-state index is 0.0141. The van der Waals surface area contributed by atoms with E-state index in [4.69, 9.17) is 11.6 Å². The van der Waals surface area contributed by atoms with Gasteiger partial charge in [-0.25, -0.2) is 8.42 Å². The van der Waals surface area contributed by atoms with Gasteiger partial charge in [-0.3, -0.25) is 9.59 Å². The number of carbonyl (C=O) groups is 2. The van der Waals surface area contributed by atoms with E-state index in [0.29, 0.717) is 11.4 Å². The van der Waals surface area contributed by atoms with E-state index in [2.05, 4.69) is 0 Å². The van der Waals surface area contributed by atoms with Crippen LogP contribution in [0.1, 0.15) is 18.9 Å². The molecule has 0 saturated carbocycles. The number of amides is 2. The predicted octanol–water partition coefficient (Wildman–Crippen LogP) is 1.33. The molecule has 0 aromatic heterocycles. The Morgan fingerprint density at radius 2 is 1.96 bits per heavy atom. The highest BCUT2D eigenvalue weighted by Crippen LogP contribution is 2.19. The molecular formula is C16H21ClN2O4S. The summed E-state index contributed by atoms with van der Waals surface area (Å²) in [5.41, 5.74) is 0.758. The Morgan fingerprint density at radius 3 is 2.50 bits per heavy atom. The molecule has 1 aliphatic rings. The van der Waals surface area contributed by atoms with E-state index in [1.807, 2.05) is 6.07 Å². The first-order valence-electron chi connectivity index (χ1n) is 7.64. The number of halogens is 1. The summed E-state index contributed by atoms with van der Waals surface area (Å²) >= 11 is 6.11. The largest absolute Gasteiger partial charge is 0.340 e. The second-order valence-electron chi connectivity index (χ2n) is 6.03. The summed E-state index contributed by atoms with van der Waals surface area (Å²) in [4.78, 5) is 27.1. The van der Waals surface area contributed by atoms with Gasteiger partial charge in [-0.2, -0.15) is 0 Å². The first-order chi connectivity index (χ1) is 11.2. The highest BCUT2D eigenvalue weighted by Gasteiger charge is 2.33. The third kappa shape index (κ3) is 4.70. The van der Waals surface area contributed by atoms with Crippen molar-refractivity contribution in [1.29, 1.82) is 0 Å². The van der Waals surface area contributed by atoms with E-state index in [1.54, 1.807) is 25.2 Å². The maximum absolute atomic E-state index is 12.4. The van der Waals surface area contributed by atoms with Crippen molar-refractivity contribution in [2.24, 2.45) is 0 Å². The summed E-state index contributed by atoms with van der Waals surface area (Å²) < 4.78 is 23.1. The topological polar surface area (TPSA) is 74.8 Å². The lowest BCUT2D eigenvalue weighted by molar-refractivity contribution is -0.140. The normalized spacial score (nSPS) is 19.0. The van der Waals surface area contributed by atoms with Crippen molar-refractivity contribution in [3.05, 3.63) is 34.9 Å². The van der Waals surface area contributed by atoms with E-state index in [0.717, 1.165) is 5.56 Å². The zero-order chi connectivity index (χ0) is 17.9. The number of hydrogen-bond donors (Lipinski definition) is 0. The van der Waals surface area contributed by atoms with Gasteiger partial charge in [0, 0.05) is 31.6 Å². The Bertz CT molecular complexity index is 735. The van der Waals surface area contributed by atoms with Crippen LogP contribution >= 0.6 is 11.6 Å². The third-order valence-corrected chi connectivity index (χ3v) is 6.36. The molecule has 1 fully saturated rings. The lowest BCUT2D eigenvalue weighted by Crippen LogP contribution is -2.45.